The number of benzene rings is 1. The summed E-state index contributed by atoms with van der Waals surface area (Å²) in [6, 6.07) is 6.75. The quantitative estimate of drug-likeness (QED) is 0.664. The molecule has 0 bridgehead atoms. The third-order valence-corrected chi connectivity index (χ3v) is 4.42. The Balaban J connectivity index is 2.09. The zero-order valence-electron chi connectivity index (χ0n) is 12.4. The Morgan fingerprint density at radius 3 is 2.82 bits per heavy atom. The maximum Gasteiger partial charge on any atom is 0.251 e. The van der Waals surface area contributed by atoms with Crippen LogP contribution in [0.25, 0.3) is 0 Å². The second kappa shape index (κ2) is 6.98. The highest BCUT2D eigenvalue weighted by atomic mass is 35.5. The van der Waals surface area contributed by atoms with Gasteiger partial charge in [0.25, 0.3) is 5.56 Å². The van der Waals surface area contributed by atoms with Crippen molar-refractivity contribution >= 4 is 35.0 Å². The van der Waals surface area contributed by atoms with Crippen LogP contribution in [0.15, 0.2) is 34.2 Å². The van der Waals surface area contributed by atoms with Gasteiger partial charge in [-0.2, -0.15) is 0 Å². The number of hydrogen-bond donors (Lipinski definition) is 2. The molecule has 116 valence electrons. The smallest absolute Gasteiger partial charge is 0.251 e. The molecule has 7 heteroatoms. The van der Waals surface area contributed by atoms with Gasteiger partial charge < -0.3 is 10.3 Å². The number of thioether (sulfide) groups is 1. The molecular formula is C15H16ClN3O2S. The predicted molar refractivity (Wildman–Crippen MR) is 89.7 cm³/mol. The highest BCUT2D eigenvalue weighted by Gasteiger charge is 2.17. The number of aromatic amines is 1. The minimum atomic E-state index is -0.414. The van der Waals surface area contributed by atoms with Crippen LogP contribution in [0.5, 0.6) is 0 Å². The normalized spacial score (nSPS) is 12.0. The van der Waals surface area contributed by atoms with Crippen molar-refractivity contribution in [2.45, 2.75) is 31.2 Å². The molecule has 2 rings (SSSR count). The summed E-state index contributed by atoms with van der Waals surface area (Å²) in [4.78, 5) is 30.5. The van der Waals surface area contributed by atoms with E-state index in [0.717, 1.165) is 5.56 Å². The van der Waals surface area contributed by atoms with E-state index in [2.05, 4.69) is 15.3 Å². The number of aromatic nitrogens is 2. The molecule has 0 unspecified atom stereocenters. The number of nitrogens with one attached hydrogen (secondary N) is 2. The lowest BCUT2D eigenvalue weighted by molar-refractivity contribution is -0.115. The molecule has 2 N–H and O–H groups in total. The van der Waals surface area contributed by atoms with Gasteiger partial charge in [-0.1, -0.05) is 29.4 Å². The van der Waals surface area contributed by atoms with Crippen LogP contribution >= 0.6 is 23.4 Å². The van der Waals surface area contributed by atoms with Gasteiger partial charge in [0, 0.05) is 22.5 Å². The van der Waals surface area contributed by atoms with E-state index < -0.39 is 5.25 Å². The average Bonchev–Trinajstić information content (AvgIpc) is 2.42. The Morgan fingerprint density at radius 2 is 2.14 bits per heavy atom. The van der Waals surface area contributed by atoms with Gasteiger partial charge in [-0.3, -0.25) is 9.59 Å². The van der Waals surface area contributed by atoms with Crippen LogP contribution in [0, 0.1) is 13.8 Å². The van der Waals surface area contributed by atoms with Crippen molar-refractivity contribution < 1.29 is 4.79 Å². The summed E-state index contributed by atoms with van der Waals surface area (Å²) in [5, 5.41) is 3.45. The number of carbonyl (C=O) groups excluding carboxylic acids is 1. The number of hydrogen-bond acceptors (Lipinski definition) is 4. The highest BCUT2D eigenvalue weighted by Crippen LogP contribution is 2.25. The monoisotopic (exact) mass is 337 g/mol. The minimum Gasteiger partial charge on any atom is -0.325 e. The van der Waals surface area contributed by atoms with Crippen LogP contribution in [-0.4, -0.2) is 21.1 Å². The van der Waals surface area contributed by atoms with E-state index in [0.29, 0.717) is 21.6 Å². The molecule has 1 aromatic carbocycles. The van der Waals surface area contributed by atoms with Gasteiger partial charge in [-0.15, -0.1) is 0 Å². The second-order valence-electron chi connectivity index (χ2n) is 4.85. The molecule has 0 radical (unpaired) electrons. The highest BCUT2D eigenvalue weighted by molar-refractivity contribution is 8.00. The van der Waals surface area contributed by atoms with Crippen LogP contribution in [0.3, 0.4) is 0 Å². The van der Waals surface area contributed by atoms with Crippen molar-refractivity contribution in [2.75, 3.05) is 5.32 Å². The molecular weight excluding hydrogens is 322 g/mol. The lowest BCUT2D eigenvalue weighted by Gasteiger charge is -2.13. The van der Waals surface area contributed by atoms with E-state index in [1.165, 1.54) is 17.8 Å². The second-order valence-corrected chi connectivity index (χ2v) is 6.59. The maximum atomic E-state index is 12.3. The summed E-state index contributed by atoms with van der Waals surface area (Å²) in [5.41, 5.74) is 1.88. The van der Waals surface area contributed by atoms with E-state index in [1.807, 2.05) is 6.92 Å². The summed E-state index contributed by atoms with van der Waals surface area (Å²) in [6.07, 6.45) is 0. The molecule has 1 aromatic heterocycles. The zero-order valence-corrected chi connectivity index (χ0v) is 14.0. The summed E-state index contributed by atoms with van der Waals surface area (Å²) in [7, 11) is 0. The summed E-state index contributed by atoms with van der Waals surface area (Å²) in [6.45, 7) is 5.33. The molecule has 0 saturated carbocycles. The molecule has 1 atom stereocenters. The molecule has 0 aliphatic heterocycles. The topological polar surface area (TPSA) is 74.8 Å². The summed E-state index contributed by atoms with van der Waals surface area (Å²) < 4.78 is 0. The van der Waals surface area contributed by atoms with Crippen molar-refractivity contribution in [2.24, 2.45) is 0 Å². The van der Waals surface area contributed by atoms with Crippen LogP contribution < -0.4 is 10.9 Å². The van der Waals surface area contributed by atoms with Crippen molar-refractivity contribution in [3.05, 3.63) is 50.9 Å². The molecule has 0 saturated heterocycles. The van der Waals surface area contributed by atoms with Gasteiger partial charge in [0.15, 0.2) is 5.16 Å². The Labute approximate surface area is 137 Å². The van der Waals surface area contributed by atoms with Gasteiger partial charge >= 0.3 is 0 Å². The lowest BCUT2D eigenvalue weighted by Crippen LogP contribution is -2.23. The van der Waals surface area contributed by atoms with Gasteiger partial charge in [0.05, 0.1) is 5.25 Å². The molecule has 0 spiro atoms. The number of aryl methyl sites for hydroxylation is 1. The molecule has 1 heterocycles. The molecule has 5 nitrogen and oxygen atoms in total. The van der Waals surface area contributed by atoms with E-state index in [9.17, 15) is 9.59 Å². The Kier molecular flexibility index (Phi) is 5.26. The van der Waals surface area contributed by atoms with Crippen molar-refractivity contribution in [3.8, 4) is 0 Å². The first-order valence-electron chi connectivity index (χ1n) is 6.67. The first-order chi connectivity index (χ1) is 10.4. The van der Waals surface area contributed by atoms with Gasteiger partial charge in [-0.05, 0) is 38.5 Å². The molecule has 0 aliphatic rings. The third-order valence-electron chi connectivity index (χ3n) is 3.03. The van der Waals surface area contributed by atoms with Crippen LogP contribution in [0.1, 0.15) is 18.2 Å². The SMILES string of the molecule is Cc1cc(=O)[nH]c(S[C@@H](C)C(=O)Nc2cccc(Cl)c2C)n1. The van der Waals surface area contributed by atoms with Gasteiger partial charge in [0.1, 0.15) is 0 Å². The number of carbonyl (C=O) groups is 1. The van der Waals surface area contributed by atoms with E-state index in [4.69, 9.17) is 11.6 Å². The van der Waals surface area contributed by atoms with Gasteiger partial charge in [-0.25, -0.2) is 4.98 Å². The average molecular weight is 338 g/mol. The third kappa shape index (κ3) is 4.11. The van der Waals surface area contributed by atoms with Crippen molar-refractivity contribution in [3.63, 3.8) is 0 Å². The first kappa shape index (κ1) is 16.6. The number of nitrogens with zero attached hydrogens (tertiary/aromatic N) is 1. The van der Waals surface area contributed by atoms with Crippen LogP contribution in [0.2, 0.25) is 5.02 Å². The Morgan fingerprint density at radius 1 is 1.41 bits per heavy atom. The fourth-order valence-corrected chi connectivity index (χ4v) is 2.84. The van der Waals surface area contributed by atoms with E-state index in [1.54, 1.807) is 32.0 Å². The van der Waals surface area contributed by atoms with Crippen LogP contribution in [-0.2, 0) is 4.79 Å². The number of amides is 1. The maximum absolute atomic E-state index is 12.3. The number of rotatable bonds is 4. The van der Waals surface area contributed by atoms with Crippen molar-refractivity contribution in [1.29, 1.82) is 0 Å². The van der Waals surface area contributed by atoms with Crippen LogP contribution in [0.4, 0.5) is 5.69 Å². The molecule has 0 fully saturated rings. The van der Waals surface area contributed by atoms with Crippen molar-refractivity contribution in [1.82, 2.24) is 9.97 Å². The molecule has 2 aromatic rings. The number of H-pyrrole nitrogens is 1. The minimum absolute atomic E-state index is 0.181. The molecule has 22 heavy (non-hydrogen) atoms. The number of halogens is 1. The number of anilines is 1. The molecule has 1 amide bonds. The Hall–Kier alpha value is -1.79. The fraction of sp³-hybridized carbons (Fsp3) is 0.267. The lowest BCUT2D eigenvalue weighted by atomic mass is 10.2. The summed E-state index contributed by atoms with van der Waals surface area (Å²) in [5.74, 6) is -0.181. The fourth-order valence-electron chi connectivity index (χ4n) is 1.81. The molecule has 0 aliphatic carbocycles. The zero-order chi connectivity index (χ0) is 16.3. The first-order valence-corrected chi connectivity index (χ1v) is 7.93. The van der Waals surface area contributed by atoms with Gasteiger partial charge in [0.2, 0.25) is 5.91 Å². The Bertz CT molecular complexity index is 761. The summed E-state index contributed by atoms with van der Waals surface area (Å²) >= 11 is 7.23. The van der Waals surface area contributed by atoms with E-state index in [-0.39, 0.29) is 11.5 Å². The predicted octanol–water partition coefficient (Wildman–Crippen LogP) is 3.16. The standard InChI is InChI=1S/C15H16ClN3O2S/c1-8-7-13(20)19-15(17-8)22-10(3)14(21)18-12-6-4-5-11(16)9(12)2/h4-7,10H,1-3H3,(H,18,21)(H,17,19,20)/t10-/m0/s1. The largest absolute Gasteiger partial charge is 0.325 e. The van der Waals surface area contributed by atoms with E-state index >= 15 is 0 Å².